The lowest BCUT2D eigenvalue weighted by Crippen LogP contribution is -2.47. The molecule has 1 fully saturated rings. The molecule has 178 valence electrons. The lowest BCUT2D eigenvalue weighted by atomic mass is 9.96. The molecule has 2 aromatic rings. The minimum absolute atomic E-state index is 0.213. The third-order valence-corrected chi connectivity index (χ3v) is 6.53. The van der Waals surface area contributed by atoms with Gasteiger partial charge in [0.05, 0.1) is 5.92 Å². The van der Waals surface area contributed by atoms with Crippen LogP contribution in [0.15, 0.2) is 89.7 Å². The molecule has 5 heteroatoms. The Morgan fingerprint density at radius 3 is 2.35 bits per heavy atom. The Morgan fingerprint density at radius 1 is 1.00 bits per heavy atom. The molecule has 0 bridgehead atoms. The van der Waals surface area contributed by atoms with E-state index in [0.29, 0.717) is 24.8 Å². The molecule has 0 radical (unpaired) electrons. The number of anilines is 1. The van der Waals surface area contributed by atoms with Crippen LogP contribution in [0, 0.1) is 17.7 Å². The summed E-state index contributed by atoms with van der Waals surface area (Å²) in [6.45, 7) is 8.95. The highest BCUT2D eigenvalue weighted by Crippen LogP contribution is 2.29. The minimum atomic E-state index is -0.397. The van der Waals surface area contributed by atoms with Gasteiger partial charge in [-0.1, -0.05) is 56.3 Å². The molecule has 1 atom stereocenters. The number of piperazine rings is 1. The van der Waals surface area contributed by atoms with Crippen molar-refractivity contribution in [1.29, 1.82) is 0 Å². The second-order valence-corrected chi connectivity index (χ2v) is 9.24. The van der Waals surface area contributed by atoms with Crippen LogP contribution < -0.4 is 4.90 Å². The summed E-state index contributed by atoms with van der Waals surface area (Å²) >= 11 is 0. The Kier molecular flexibility index (Phi) is 7.96. The van der Waals surface area contributed by atoms with Crippen LogP contribution in [-0.2, 0) is 16.1 Å². The monoisotopic (exact) mass is 460 g/mol. The standard InChI is InChI=1S/C29H33FN2O2/c1-22(2)24-8-9-25(28(20-33)29(18-24)34-21-23-6-4-3-5-7-23)19-31-14-16-32(17-15-31)27-12-10-26(30)11-13-27/h3-13,18,20,22,28H,14-17,19,21H2,1-2H3. The van der Waals surface area contributed by atoms with Gasteiger partial charge in [0.15, 0.2) is 0 Å². The third kappa shape index (κ3) is 6.03. The summed E-state index contributed by atoms with van der Waals surface area (Å²) in [6.07, 6.45) is 7.29. The number of halogens is 1. The van der Waals surface area contributed by atoms with Gasteiger partial charge in [-0.15, -0.1) is 0 Å². The molecule has 1 saturated heterocycles. The number of nitrogens with zero attached hydrogens (tertiary/aromatic N) is 2. The minimum Gasteiger partial charge on any atom is -0.492 e. The van der Waals surface area contributed by atoms with Crippen molar-refractivity contribution in [2.24, 2.45) is 11.8 Å². The first-order valence-electron chi connectivity index (χ1n) is 12.0. The summed E-state index contributed by atoms with van der Waals surface area (Å²) < 4.78 is 19.5. The molecular weight excluding hydrogens is 427 g/mol. The first kappa shape index (κ1) is 24.0. The molecule has 1 aliphatic heterocycles. The molecule has 0 aromatic heterocycles. The van der Waals surface area contributed by atoms with Gasteiger partial charge in [-0.2, -0.15) is 0 Å². The summed E-state index contributed by atoms with van der Waals surface area (Å²) in [4.78, 5) is 16.9. The molecule has 0 spiro atoms. The predicted molar refractivity (Wildman–Crippen MR) is 135 cm³/mol. The summed E-state index contributed by atoms with van der Waals surface area (Å²) in [5, 5.41) is 0. The third-order valence-electron chi connectivity index (χ3n) is 6.53. The van der Waals surface area contributed by atoms with E-state index in [2.05, 4.69) is 35.8 Å². The van der Waals surface area contributed by atoms with Gasteiger partial charge < -0.3 is 14.4 Å². The first-order valence-corrected chi connectivity index (χ1v) is 12.0. The van der Waals surface area contributed by atoms with Gasteiger partial charge in [0.1, 0.15) is 24.5 Å². The fraction of sp³-hybridized carbons (Fsp3) is 0.345. The topological polar surface area (TPSA) is 32.8 Å². The van der Waals surface area contributed by atoms with Crippen molar-refractivity contribution in [3.05, 3.63) is 101 Å². The lowest BCUT2D eigenvalue weighted by Gasteiger charge is -2.37. The fourth-order valence-corrected chi connectivity index (χ4v) is 4.40. The van der Waals surface area contributed by atoms with Crippen molar-refractivity contribution in [2.75, 3.05) is 37.6 Å². The highest BCUT2D eigenvalue weighted by Gasteiger charge is 2.26. The molecule has 4 rings (SSSR count). The van der Waals surface area contributed by atoms with Crippen LogP contribution in [0.3, 0.4) is 0 Å². The summed E-state index contributed by atoms with van der Waals surface area (Å²) in [6, 6.07) is 16.7. The van der Waals surface area contributed by atoms with Crippen molar-refractivity contribution in [1.82, 2.24) is 4.90 Å². The number of allylic oxidation sites excluding steroid dienone is 5. The van der Waals surface area contributed by atoms with Crippen molar-refractivity contribution in [3.8, 4) is 0 Å². The van der Waals surface area contributed by atoms with Crippen LogP contribution in [0.1, 0.15) is 19.4 Å². The summed E-state index contributed by atoms with van der Waals surface area (Å²) in [5.41, 5.74) is 4.34. The zero-order chi connectivity index (χ0) is 23.9. The number of carbonyl (C=O) groups excluding carboxylic acids is 1. The summed E-state index contributed by atoms with van der Waals surface area (Å²) in [5.74, 6) is 0.436. The molecule has 0 N–H and O–H groups in total. The maximum atomic E-state index is 13.3. The van der Waals surface area contributed by atoms with Gasteiger partial charge in [-0.05, 0) is 53.0 Å². The van der Waals surface area contributed by atoms with E-state index in [1.807, 2.05) is 48.5 Å². The second-order valence-electron chi connectivity index (χ2n) is 9.24. The molecule has 1 unspecified atom stereocenters. The van der Waals surface area contributed by atoms with E-state index in [0.717, 1.165) is 54.9 Å². The van der Waals surface area contributed by atoms with Gasteiger partial charge in [0, 0.05) is 38.4 Å². The molecule has 2 aliphatic rings. The van der Waals surface area contributed by atoms with Crippen molar-refractivity contribution in [3.63, 3.8) is 0 Å². The van der Waals surface area contributed by atoms with E-state index in [1.54, 1.807) is 0 Å². The zero-order valence-electron chi connectivity index (χ0n) is 20.0. The highest BCUT2D eigenvalue weighted by atomic mass is 19.1. The number of hydrogen-bond acceptors (Lipinski definition) is 4. The molecule has 1 heterocycles. The van der Waals surface area contributed by atoms with E-state index >= 15 is 0 Å². The van der Waals surface area contributed by atoms with E-state index in [1.165, 1.54) is 12.1 Å². The number of carbonyl (C=O) groups is 1. The molecule has 0 amide bonds. The van der Waals surface area contributed by atoms with Crippen LogP contribution in [0.2, 0.25) is 0 Å². The number of ether oxygens (including phenoxy) is 1. The Bertz CT molecular complexity index is 1050. The highest BCUT2D eigenvalue weighted by molar-refractivity contribution is 5.65. The SMILES string of the molecule is CC(C)C1=CC=C(CN2CCN(c3ccc(F)cc3)CC2)C(C=O)C(OCc2ccccc2)=C1. The fourth-order valence-electron chi connectivity index (χ4n) is 4.40. The maximum absolute atomic E-state index is 13.3. The van der Waals surface area contributed by atoms with Crippen LogP contribution in [0.5, 0.6) is 0 Å². The zero-order valence-corrected chi connectivity index (χ0v) is 20.0. The van der Waals surface area contributed by atoms with Crippen molar-refractivity contribution >= 4 is 12.0 Å². The normalized spacial score (nSPS) is 19.2. The summed E-state index contributed by atoms with van der Waals surface area (Å²) in [7, 11) is 0. The van der Waals surface area contributed by atoms with Crippen molar-refractivity contribution < 1.29 is 13.9 Å². The van der Waals surface area contributed by atoms with Crippen LogP contribution in [0.25, 0.3) is 0 Å². The van der Waals surface area contributed by atoms with Gasteiger partial charge in [-0.25, -0.2) is 4.39 Å². The van der Waals surface area contributed by atoms with E-state index in [-0.39, 0.29) is 5.82 Å². The molecule has 4 nitrogen and oxygen atoms in total. The number of aldehydes is 1. The molecule has 0 saturated carbocycles. The second kappa shape index (κ2) is 11.3. The van der Waals surface area contributed by atoms with Gasteiger partial charge in [0.25, 0.3) is 0 Å². The van der Waals surface area contributed by atoms with Crippen molar-refractivity contribution in [2.45, 2.75) is 20.5 Å². The average molecular weight is 461 g/mol. The molecular formula is C29H33FN2O2. The van der Waals surface area contributed by atoms with E-state index < -0.39 is 5.92 Å². The molecule has 34 heavy (non-hydrogen) atoms. The van der Waals surface area contributed by atoms with Gasteiger partial charge in [0.2, 0.25) is 0 Å². The van der Waals surface area contributed by atoms with Gasteiger partial charge in [-0.3, -0.25) is 4.90 Å². The van der Waals surface area contributed by atoms with Gasteiger partial charge >= 0.3 is 0 Å². The largest absolute Gasteiger partial charge is 0.492 e. The number of benzene rings is 2. The lowest BCUT2D eigenvalue weighted by molar-refractivity contribution is -0.110. The predicted octanol–water partition coefficient (Wildman–Crippen LogP) is 5.39. The Balaban J connectivity index is 1.45. The van der Waals surface area contributed by atoms with Crippen LogP contribution >= 0.6 is 0 Å². The quantitative estimate of drug-likeness (QED) is 0.495. The van der Waals surface area contributed by atoms with Crippen LogP contribution in [0.4, 0.5) is 10.1 Å². The Hall–Kier alpha value is -3.18. The van der Waals surface area contributed by atoms with Crippen LogP contribution in [-0.4, -0.2) is 43.9 Å². The first-order chi connectivity index (χ1) is 16.5. The number of hydrogen-bond donors (Lipinski definition) is 0. The average Bonchev–Trinajstić information content (AvgIpc) is 3.03. The number of rotatable bonds is 8. The van der Waals surface area contributed by atoms with E-state index in [9.17, 15) is 9.18 Å². The smallest absolute Gasteiger partial charge is 0.134 e. The molecule has 2 aromatic carbocycles. The Morgan fingerprint density at radius 2 is 1.71 bits per heavy atom. The molecule has 1 aliphatic carbocycles. The maximum Gasteiger partial charge on any atom is 0.134 e. The Labute approximate surface area is 202 Å². The van der Waals surface area contributed by atoms with E-state index in [4.69, 9.17) is 4.74 Å².